The number of unbranched alkanes of at least 4 members (excludes halogenated alkanes) is 1. The fourth-order valence-corrected chi connectivity index (χ4v) is 8.99. The van der Waals surface area contributed by atoms with Crippen molar-refractivity contribution in [2.75, 3.05) is 43.4 Å². The van der Waals surface area contributed by atoms with Crippen LogP contribution in [-0.4, -0.2) is 84.8 Å². The Labute approximate surface area is 330 Å². The Morgan fingerprint density at radius 1 is 1.16 bits per heavy atom. The Morgan fingerprint density at radius 2 is 2.00 bits per heavy atom. The Bertz CT molecular complexity index is 2140. The van der Waals surface area contributed by atoms with Gasteiger partial charge in [0.25, 0.3) is 5.88 Å². The lowest BCUT2D eigenvalue weighted by Crippen LogP contribution is -2.40. The first-order chi connectivity index (χ1) is 27.1. The van der Waals surface area contributed by atoms with Crippen molar-refractivity contribution < 1.29 is 18.8 Å². The molecule has 2 N–H and O–H groups in total. The monoisotopic (exact) mass is 779 g/mol. The first-order valence-corrected chi connectivity index (χ1v) is 20.2. The van der Waals surface area contributed by atoms with Crippen LogP contribution in [0.25, 0.3) is 11.5 Å². The molecular weight excluding hydrogens is 731 g/mol. The van der Waals surface area contributed by atoms with E-state index in [0.29, 0.717) is 46.4 Å². The average Bonchev–Trinajstić information content (AvgIpc) is 3.92. The molecule has 0 bridgehead atoms. The zero-order chi connectivity index (χ0) is 39.2. The van der Waals surface area contributed by atoms with Gasteiger partial charge < -0.3 is 29.5 Å². The highest BCUT2D eigenvalue weighted by Gasteiger charge is 2.43. The number of benzene rings is 1. The predicted octanol–water partition coefficient (Wildman–Crippen LogP) is 5.98. The summed E-state index contributed by atoms with van der Waals surface area (Å²) in [6.45, 7) is 12.5. The number of nitriles is 1. The van der Waals surface area contributed by atoms with Crippen LogP contribution >= 0.6 is 11.3 Å². The molecule has 1 aliphatic carbocycles. The van der Waals surface area contributed by atoms with E-state index in [2.05, 4.69) is 50.2 Å². The van der Waals surface area contributed by atoms with Crippen molar-refractivity contribution in [3.05, 3.63) is 76.3 Å². The van der Waals surface area contributed by atoms with Gasteiger partial charge >= 0.3 is 5.97 Å². The van der Waals surface area contributed by atoms with Gasteiger partial charge in [0, 0.05) is 35.8 Å². The first-order valence-electron chi connectivity index (χ1n) is 19.4. The van der Waals surface area contributed by atoms with Gasteiger partial charge in [0.05, 0.1) is 23.8 Å². The van der Waals surface area contributed by atoms with Crippen LogP contribution in [0.5, 0.6) is 5.88 Å². The molecule has 1 fully saturated rings. The minimum Gasteiger partial charge on any atom is -0.475 e. The molecule has 0 unspecified atom stereocenters. The van der Waals surface area contributed by atoms with Gasteiger partial charge in [0.15, 0.2) is 6.04 Å². The summed E-state index contributed by atoms with van der Waals surface area (Å²) in [7, 11) is 0. The van der Waals surface area contributed by atoms with Crippen LogP contribution in [0.3, 0.4) is 0 Å². The molecule has 0 spiro atoms. The Hall–Kier alpha value is -5.40. The number of ether oxygens (including phenoxy) is 2. The summed E-state index contributed by atoms with van der Waals surface area (Å²) in [6, 6.07) is 13.3. The van der Waals surface area contributed by atoms with Gasteiger partial charge in [0.2, 0.25) is 17.7 Å². The van der Waals surface area contributed by atoms with Crippen molar-refractivity contribution in [2.24, 2.45) is 5.92 Å². The quantitative estimate of drug-likeness (QED) is 0.102. The van der Waals surface area contributed by atoms with Crippen molar-refractivity contribution in [3.63, 3.8) is 0 Å². The topological polar surface area (TPSA) is 187 Å². The number of esters is 1. The first kappa shape index (κ1) is 38.9. The number of aryl methyl sites for hydroxylation is 1. The summed E-state index contributed by atoms with van der Waals surface area (Å²) in [5.74, 6) is 1.50. The van der Waals surface area contributed by atoms with Crippen LogP contribution in [-0.2, 0) is 28.0 Å². The van der Waals surface area contributed by atoms with Crippen molar-refractivity contribution in [2.45, 2.75) is 90.3 Å². The smallest absolute Gasteiger partial charge is 0.331 e. The van der Waals surface area contributed by atoms with E-state index in [1.807, 2.05) is 44.2 Å². The molecule has 56 heavy (non-hydrogen) atoms. The Kier molecular flexibility index (Phi) is 11.9. The van der Waals surface area contributed by atoms with Gasteiger partial charge in [-0.05, 0) is 83.0 Å². The molecule has 294 valence electrons. The fraction of sp³-hybridized carbons (Fsp3) is 0.500. The fourth-order valence-electron chi connectivity index (χ4n) is 7.80. The zero-order valence-corrected chi connectivity index (χ0v) is 33.2. The van der Waals surface area contributed by atoms with E-state index in [-0.39, 0.29) is 24.5 Å². The molecule has 16 heteroatoms. The molecule has 0 amide bonds. The van der Waals surface area contributed by atoms with Crippen LogP contribution in [0.2, 0.25) is 0 Å². The lowest BCUT2D eigenvalue weighted by Gasteiger charge is -2.30. The molecule has 5 aromatic rings. The molecular formula is C40H49N11O4S. The molecule has 2 aliphatic rings. The van der Waals surface area contributed by atoms with E-state index in [4.69, 9.17) is 29.7 Å². The van der Waals surface area contributed by atoms with Crippen molar-refractivity contribution in [1.82, 2.24) is 40.0 Å². The number of rotatable bonds is 14. The summed E-state index contributed by atoms with van der Waals surface area (Å²) >= 11 is 1.48. The number of nitrogens with two attached hydrogens (primary N) is 1. The van der Waals surface area contributed by atoms with Crippen molar-refractivity contribution in [1.29, 1.82) is 5.26 Å². The van der Waals surface area contributed by atoms with Gasteiger partial charge in [-0.2, -0.15) is 10.2 Å². The highest BCUT2D eigenvalue weighted by Crippen LogP contribution is 2.48. The summed E-state index contributed by atoms with van der Waals surface area (Å²) < 4.78 is 18.9. The second-order valence-electron chi connectivity index (χ2n) is 15.2. The number of fused-ring (bicyclic) bond motifs is 1. The maximum absolute atomic E-state index is 13.0. The molecule has 1 saturated heterocycles. The number of anilines is 2. The number of hydrogen-bond donors (Lipinski definition) is 1. The third kappa shape index (κ3) is 8.38. The second kappa shape index (κ2) is 17.2. The molecule has 0 radical (unpaired) electrons. The number of hydrogen-bond acceptors (Lipinski definition) is 15. The molecule has 1 aliphatic heterocycles. The number of thiophene rings is 1. The van der Waals surface area contributed by atoms with E-state index >= 15 is 0 Å². The van der Waals surface area contributed by atoms with Crippen LogP contribution in [0.15, 0.2) is 53.3 Å². The highest BCUT2D eigenvalue weighted by molar-refractivity contribution is 7.16. The third-order valence-electron chi connectivity index (χ3n) is 10.7. The number of carbonyl (C=O) groups excluding carboxylic acids is 1. The van der Waals surface area contributed by atoms with Crippen molar-refractivity contribution >= 4 is 28.3 Å². The van der Waals surface area contributed by atoms with Gasteiger partial charge in [0.1, 0.15) is 23.4 Å². The molecule has 4 aromatic heterocycles. The Balaban J connectivity index is 0.897. The molecule has 5 heterocycles. The summed E-state index contributed by atoms with van der Waals surface area (Å²) in [5.41, 5.74) is 8.59. The number of nitrogens with zero attached hydrogens (tertiary/aromatic N) is 10. The lowest BCUT2D eigenvalue weighted by atomic mass is 9.72. The average molecular weight is 780 g/mol. The van der Waals surface area contributed by atoms with Crippen LogP contribution < -0.4 is 15.4 Å². The van der Waals surface area contributed by atoms with E-state index in [9.17, 15) is 10.1 Å². The van der Waals surface area contributed by atoms with E-state index < -0.39 is 11.5 Å². The van der Waals surface area contributed by atoms with E-state index in [1.165, 1.54) is 16.0 Å². The van der Waals surface area contributed by atoms with Gasteiger partial charge in [-0.1, -0.05) is 59.6 Å². The molecule has 7 rings (SSSR count). The SMILES string of the molecule is CC(C)[C@@H](C(=O)OCc1ccccc1)n1cc(OCCCCN2CCCN(c3nccc(-c4noc([C@@]5(C)CCCc6sc(N)c(C#N)c65)n4)n3)[C@@H](C)C2)nn1. The summed E-state index contributed by atoms with van der Waals surface area (Å²) in [4.78, 5) is 33.2. The van der Waals surface area contributed by atoms with Crippen molar-refractivity contribution in [3.8, 4) is 23.5 Å². The van der Waals surface area contributed by atoms with Crippen LogP contribution in [0.1, 0.15) is 93.3 Å². The lowest BCUT2D eigenvalue weighted by molar-refractivity contribution is -0.151. The number of aromatic nitrogens is 7. The predicted molar refractivity (Wildman–Crippen MR) is 211 cm³/mol. The standard InChI is InChI=1S/C40H49N11O4S/c1-26(2)34(37(52)54-25-28-12-6-5-7-13-28)51-24-32(46-48-51)53-21-9-8-18-49-19-11-20-50(27(3)23-49)39-43-17-15-30(44-39)36-45-38(55-47-36)40(4)16-10-14-31-33(40)29(22-41)35(42)56-31/h5-7,12-13,15,17,24,26-27,34H,8-11,14,16,18-21,23,25,42H2,1-4H3/t27-,34-,40-/m0/s1. The highest BCUT2D eigenvalue weighted by atomic mass is 32.1. The maximum Gasteiger partial charge on any atom is 0.331 e. The minimum atomic E-state index is -0.599. The second-order valence-corrected chi connectivity index (χ2v) is 16.3. The van der Waals surface area contributed by atoms with Crippen LogP contribution in [0.4, 0.5) is 10.9 Å². The third-order valence-corrected chi connectivity index (χ3v) is 11.8. The molecule has 0 saturated carbocycles. The van der Waals surface area contributed by atoms with Gasteiger partial charge in [-0.3, -0.25) is 0 Å². The Morgan fingerprint density at radius 3 is 2.80 bits per heavy atom. The summed E-state index contributed by atoms with van der Waals surface area (Å²) in [5, 5.41) is 23.1. The van der Waals surface area contributed by atoms with Gasteiger partial charge in [-0.25, -0.2) is 19.4 Å². The minimum absolute atomic E-state index is 0.0409. The summed E-state index contributed by atoms with van der Waals surface area (Å²) in [6.07, 6.45) is 8.82. The molecule has 1 aromatic carbocycles. The van der Waals surface area contributed by atoms with Gasteiger partial charge in [-0.15, -0.1) is 11.3 Å². The van der Waals surface area contributed by atoms with Crippen LogP contribution in [0, 0.1) is 17.2 Å². The van der Waals surface area contributed by atoms with E-state index in [1.54, 1.807) is 18.5 Å². The maximum atomic E-state index is 13.0. The number of nitrogen functional groups attached to an aromatic ring is 1. The molecule has 3 atom stereocenters. The largest absolute Gasteiger partial charge is 0.475 e. The molecule has 15 nitrogen and oxygen atoms in total. The zero-order valence-electron chi connectivity index (χ0n) is 32.4. The van der Waals surface area contributed by atoms with E-state index in [0.717, 1.165) is 80.7 Å². The normalized spacial score (nSPS) is 19.3. The number of carbonyl (C=O) groups is 1.